The van der Waals surface area contributed by atoms with Gasteiger partial charge in [-0.2, -0.15) is 26.3 Å². The Balaban J connectivity index is 0.000000196. The standard InChI is InChI=1S/C20H21F3N2O.C12H18N2.C8H4ClF3O/c21-20(22,23)18-8-4-7-17(15-18)19(26)25-13-11-24(12-14-25)10-9-16-5-2-1-3-6-16;1-2-4-12(5-3-1)6-9-14-10-7-13-8-11-14;9-7(13)5-2-1-3-6(4-5)8(10,11)12/h1-8,15H,9-14H2;1-5,13H,6-11H2;1-4H. The number of benzene rings is 4. The van der Waals surface area contributed by atoms with Gasteiger partial charge in [-0.05, 0) is 65.9 Å². The Kier molecular flexibility index (Phi) is 15.9. The van der Waals surface area contributed by atoms with Crippen molar-refractivity contribution in [2.45, 2.75) is 25.2 Å². The van der Waals surface area contributed by atoms with E-state index in [1.54, 1.807) is 4.90 Å². The first-order valence-electron chi connectivity index (χ1n) is 17.4. The number of piperazine rings is 2. The Bertz CT molecular complexity index is 1710. The van der Waals surface area contributed by atoms with Gasteiger partial charge in [0.2, 0.25) is 0 Å². The number of carbonyl (C=O) groups is 2. The molecule has 0 atom stereocenters. The lowest BCUT2D eigenvalue weighted by atomic mass is 10.1. The van der Waals surface area contributed by atoms with Gasteiger partial charge in [0, 0.05) is 76.6 Å². The molecule has 0 aliphatic carbocycles. The molecule has 0 aromatic heterocycles. The molecule has 6 nitrogen and oxygen atoms in total. The molecular weight excluding hydrogens is 718 g/mol. The minimum absolute atomic E-state index is 0.0950. The number of nitrogens with one attached hydrogen (secondary N) is 1. The maximum Gasteiger partial charge on any atom is 0.416 e. The van der Waals surface area contributed by atoms with E-state index in [-0.39, 0.29) is 17.0 Å². The summed E-state index contributed by atoms with van der Waals surface area (Å²) in [5.74, 6) is -0.334. The smallest absolute Gasteiger partial charge is 0.336 e. The van der Waals surface area contributed by atoms with Crippen molar-refractivity contribution in [1.82, 2.24) is 20.0 Å². The highest BCUT2D eigenvalue weighted by Gasteiger charge is 2.32. The molecular formula is C40H43ClF6N4O2. The summed E-state index contributed by atoms with van der Waals surface area (Å²) in [6, 6.07) is 29.5. The van der Waals surface area contributed by atoms with E-state index in [4.69, 9.17) is 11.6 Å². The van der Waals surface area contributed by atoms with Crippen molar-refractivity contribution in [3.63, 3.8) is 0 Å². The third kappa shape index (κ3) is 14.3. The number of rotatable bonds is 8. The van der Waals surface area contributed by atoms with Crippen molar-refractivity contribution in [3.05, 3.63) is 143 Å². The minimum atomic E-state index is -4.44. The molecule has 4 aromatic rings. The summed E-state index contributed by atoms with van der Waals surface area (Å²) in [7, 11) is 0. The number of halogens is 7. The lowest BCUT2D eigenvalue weighted by Gasteiger charge is -2.34. The van der Waals surface area contributed by atoms with Crippen LogP contribution in [-0.4, -0.2) is 91.3 Å². The van der Waals surface area contributed by atoms with Gasteiger partial charge in [-0.15, -0.1) is 0 Å². The number of alkyl halides is 6. The van der Waals surface area contributed by atoms with Crippen LogP contribution in [0.25, 0.3) is 0 Å². The van der Waals surface area contributed by atoms with Gasteiger partial charge in [0.25, 0.3) is 11.1 Å². The second-order valence-electron chi connectivity index (χ2n) is 12.6. The van der Waals surface area contributed by atoms with E-state index in [2.05, 4.69) is 57.6 Å². The fraction of sp³-hybridized carbons (Fsp3) is 0.350. The van der Waals surface area contributed by atoms with Crippen molar-refractivity contribution >= 4 is 22.8 Å². The van der Waals surface area contributed by atoms with Crippen LogP contribution in [0.15, 0.2) is 109 Å². The molecule has 2 aliphatic rings. The molecule has 0 saturated carbocycles. The average Bonchev–Trinajstić information content (AvgIpc) is 3.17. The van der Waals surface area contributed by atoms with Gasteiger partial charge in [-0.3, -0.25) is 14.5 Å². The van der Waals surface area contributed by atoms with Gasteiger partial charge in [0.05, 0.1) is 11.1 Å². The van der Waals surface area contributed by atoms with Crippen molar-refractivity contribution in [3.8, 4) is 0 Å². The topological polar surface area (TPSA) is 55.9 Å². The SMILES string of the molecule is O=C(Cl)c1cccc(C(F)(F)F)c1.O=C(c1cccc(C(F)(F)F)c1)N1CCN(CCc2ccccc2)CC1.c1ccc(CCN2CCNCC2)cc1. The molecule has 2 heterocycles. The zero-order valence-electron chi connectivity index (χ0n) is 29.2. The highest BCUT2D eigenvalue weighted by atomic mass is 35.5. The summed E-state index contributed by atoms with van der Waals surface area (Å²) in [5.41, 5.74) is 0.999. The maximum absolute atomic E-state index is 12.8. The summed E-state index contributed by atoms with van der Waals surface area (Å²) in [5, 5.41) is 2.47. The monoisotopic (exact) mass is 760 g/mol. The molecule has 0 spiro atoms. The van der Waals surface area contributed by atoms with E-state index in [1.165, 1.54) is 55.4 Å². The van der Waals surface area contributed by atoms with Crippen molar-refractivity contribution in [2.24, 2.45) is 0 Å². The molecule has 284 valence electrons. The molecule has 2 fully saturated rings. The van der Waals surface area contributed by atoms with Gasteiger partial charge in [0.15, 0.2) is 0 Å². The Morgan fingerprint density at radius 2 is 1.00 bits per heavy atom. The predicted molar refractivity (Wildman–Crippen MR) is 195 cm³/mol. The third-order valence-electron chi connectivity index (χ3n) is 8.84. The third-order valence-corrected chi connectivity index (χ3v) is 9.06. The van der Waals surface area contributed by atoms with Crippen molar-refractivity contribution < 1.29 is 35.9 Å². The van der Waals surface area contributed by atoms with E-state index in [9.17, 15) is 35.9 Å². The number of carbonyl (C=O) groups excluding carboxylic acids is 2. The fourth-order valence-electron chi connectivity index (χ4n) is 5.80. The molecule has 2 aliphatic heterocycles. The fourth-order valence-corrected chi connectivity index (χ4v) is 5.92. The van der Waals surface area contributed by atoms with E-state index < -0.39 is 28.7 Å². The first kappa shape index (κ1) is 41.5. The Hall–Kier alpha value is -4.23. The van der Waals surface area contributed by atoms with E-state index >= 15 is 0 Å². The predicted octanol–water partition coefficient (Wildman–Crippen LogP) is 7.92. The van der Waals surface area contributed by atoms with Crippen LogP contribution in [0.4, 0.5) is 26.3 Å². The van der Waals surface area contributed by atoms with Gasteiger partial charge in [-0.25, -0.2) is 0 Å². The van der Waals surface area contributed by atoms with E-state index in [1.807, 2.05) is 18.2 Å². The Labute approximate surface area is 311 Å². The Morgan fingerprint density at radius 3 is 1.45 bits per heavy atom. The molecule has 1 N–H and O–H groups in total. The van der Waals surface area contributed by atoms with Gasteiger partial charge < -0.3 is 15.1 Å². The summed E-state index contributed by atoms with van der Waals surface area (Å²) >= 11 is 5.02. The summed E-state index contributed by atoms with van der Waals surface area (Å²) < 4.78 is 74.7. The lowest BCUT2D eigenvalue weighted by Crippen LogP contribution is -2.49. The molecule has 53 heavy (non-hydrogen) atoms. The minimum Gasteiger partial charge on any atom is -0.336 e. The van der Waals surface area contributed by atoms with Crippen LogP contribution < -0.4 is 5.32 Å². The average molecular weight is 761 g/mol. The van der Waals surface area contributed by atoms with Crippen LogP contribution in [0.2, 0.25) is 0 Å². The number of nitrogens with zero attached hydrogens (tertiary/aromatic N) is 3. The van der Waals surface area contributed by atoms with Crippen LogP contribution in [0.3, 0.4) is 0 Å². The highest BCUT2D eigenvalue weighted by Crippen LogP contribution is 2.30. The molecule has 0 unspecified atom stereocenters. The maximum atomic E-state index is 12.8. The Morgan fingerprint density at radius 1 is 0.566 bits per heavy atom. The quantitative estimate of drug-likeness (QED) is 0.146. The van der Waals surface area contributed by atoms with Crippen molar-refractivity contribution in [1.29, 1.82) is 0 Å². The number of hydrogen-bond donors (Lipinski definition) is 1. The van der Waals surface area contributed by atoms with E-state index in [0.29, 0.717) is 13.1 Å². The second kappa shape index (κ2) is 20.3. The normalized spacial score (nSPS) is 15.4. The van der Waals surface area contributed by atoms with Gasteiger partial charge >= 0.3 is 12.4 Å². The van der Waals surface area contributed by atoms with Crippen molar-refractivity contribution in [2.75, 3.05) is 65.4 Å². The highest BCUT2D eigenvalue weighted by molar-refractivity contribution is 6.67. The summed E-state index contributed by atoms with van der Waals surface area (Å²) in [4.78, 5) is 29.5. The van der Waals surface area contributed by atoms with Crippen LogP contribution >= 0.6 is 11.6 Å². The first-order valence-corrected chi connectivity index (χ1v) is 17.7. The molecule has 13 heteroatoms. The number of hydrogen-bond acceptors (Lipinski definition) is 5. The number of amides is 1. The molecule has 6 rings (SSSR count). The zero-order valence-corrected chi connectivity index (χ0v) is 29.9. The largest absolute Gasteiger partial charge is 0.416 e. The molecule has 0 bridgehead atoms. The van der Waals surface area contributed by atoms with Crippen LogP contribution in [0, 0.1) is 0 Å². The molecule has 0 radical (unpaired) electrons. The first-order chi connectivity index (χ1) is 25.3. The van der Waals surface area contributed by atoms with Gasteiger partial charge in [-0.1, -0.05) is 78.9 Å². The second-order valence-corrected chi connectivity index (χ2v) is 13.0. The molecule has 2 saturated heterocycles. The van der Waals surface area contributed by atoms with Crippen LogP contribution in [0.5, 0.6) is 0 Å². The molecule has 1 amide bonds. The lowest BCUT2D eigenvalue weighted by molar-refractivity contribution is -0.138. The van der Waals surface area contributed by atoms with Crippen LogP contribution in [-0.2, 0) is 25.2 Å². The summed E-state index contributed by atoms with van der Waals surface area (Å²) in [6.45, 7) is 9.34. The summed E-state index contributed by atoms with van der Waals surface area (Å²) in [6.07, 6.45) is -6.75. The van der Waals surface area contributed by atoms with E-state index in [0.717, 1.165) is 69.5 Å². The van der Waals surface area contributed by atoms with Gasteiger partial charge in [0.1, 0.15) is 0 Å². The van der Waals surface area contributed by atoms with Crippen LogP contribution in [0.1, 0.15) is 43.0 Å². The zero-order chi connectivity index (χ0) is 38.3. The molecule has 4 aromatic carbocycles.